The summed E-state index contributed by atoms with van der Waals surface area (Å²) in [6.07, 6.45) is 14.0. The van der Waals surface area contributed by atoms with Crippen LogP contribution in [0.2, 0.25) is 0 Å². The molecule has 0 saturated heterocycles. The van der Waals surface area contributed by atoms with Gasteiger partial charge in [0.25, 0.3) is 0 Å². The first kappa shape index (κ1) is 23.6. The van der Waals surface area contributed by atoms with Crippen molar-refractivity contribution in [2.24, 2.45) is 0 Å². The zero-order valence-electron chi connectivity index (χ0n) is 19.3. The molecule has 1 aromatic heterocycles. The lowest BCUT2D eigenvalue weighted by molar-refractivity contribution is 0.0727. The highest BCUT2D eigenvalue weighted by atomic mass is 16.5. The van der Waals surface area contributed by atoms with Crippen molar-refractivity contribution in [2.75, 3.05) is 0 Å². The molecule has 0 atom stereocenters. The number of carbonyl (C=O) groups excluding carboxylic acids is 1. The molecular formula is C28H34N2O2. The maximum Gasteiger partial charge on any atom is 0.344 e. The van der Waals surface area contributed by atoms with Crippen LogP contribution in [0.1, 0.15) is 80.3 Å². The Morgan fingerprint density at radius 1 is 0.719 bits per heavy atom. The predicted octanol–water partition coefficient (Wildman–Crippen LogP) is 7.22. The van der Waals surface area contributed by atoms with Crippen molar-refractivity contribution in [3.05, 3.63) is 77.6 Å². The first-order chi connectivity index (χ1) is 15.7. The fourth-order valence-electron chi connectivity index (χ4n) is 3.64. The number of ether oxygens (including phenoxy) is 1. The van der Waals surface area contributed by atoms with Gasteiger partial charge in [-0.25, -0.2) is 14.8 Å². The molecule has 0 bridgehead atoms. The van der Waals surface area contributed by atoms with E-state index in [0.29, 0.717) is 5.56 Å². The minimum atomic E-state index is -0.415. The molecule has 2 aromatic carbocycles. The van der Waals surface area contributed by atoms with Crippen molar-refractivity contribution < 1.29 is 9.53 Å². The van der Waals surface area contributed by atoms with Crippen molar-refractivity contribution in [3.63, 3.8) is 0 Å². The van der Waals surface area contributed by atoms with Gasteiger partial charge in [-0.05, 0) is 48.9 Å². The summed E-state index contributed by atoms with van der Waals surface area (Å²) in [5, 5.41) is 0. The van der Waals surface area contributed by atoms with Crippen molar-refractivity contribution in [2.45, 2.75) is 71.6 Å². The number of benzene rings is 2. The predicted molar refractivity (Wildman–Crippen MR) is 130 cm³/mol. The Bertz CT molecular complexity index is 948. The lowest BCUT2D eigenvalue weighted by atomic mass is 10.0. The van der Waals surface area contributed by atoms with E-state index in [1.54, 1.807) is 6.20 Å². The van der Waals surface area contributed by atoms with Gasteiger partial charge >= 0.3 is 5.97 Å². The Labute approximate surface area is 192 Å². The van der Waals surface area contributed by atoms with Gasteiger partial charge < -0.3 is 4.74 Å². The molecule has 0 aliphatic heterocycles. The highest BCUT2D eigenvalue weighted by molar-refractivity contribution is 5.90. The molecule has 0 aliphatic rings. The lowest BCUT2D eigenvalue weighted by Gasteiger charge is -2.06. The maximum atomic E-state index is 12.4. The van der Waals surface area contributed by atoms with Crippen LogP contribution < -0.4 is 4.74 Å². The third kappa shape index (κ3) is 7.30. The molecule has 3 rings (SSSR count). The fraction of sp³-hybridized carbons (Fsp3) is 0.393. The Balaban J connectivity index is 1.52. The van der Waals surface area contributed by atoms with E-state index in [1.165, 1.54) is 62.3 Å². The monoisotopic (exact) mass is 430 g/mol. The molecule has 0 aliphatic carbocycles. The minimum Gasteiger partial charge on any atom is -0.402 e. The van der Waals surface area contributed by atoms with Crippen LogP contribution >= 0.6 is 0 Å². The topological polar surface area (TPSA) is 52.1 Å². The van der Waals surface area contributed by atoms with Crippen LogP contribution in [0.5, 0.6) is 5.88 Å². The van der Waals surface area contributed by atoms with E-state index in [2.05, 4.69) is 48.1 Å². The van der Waals surface area contributed by atoms with Gasteiger partial charge in [0, 0.05) is 5.56 Å². The summed E-state index contributed by atoms with van der Waals surface area (Å²) in [6, 6.07) is 16.1. The maximum absolute atomic E-state index is 12.4. The second-order valence-corrected chi connectivity index (χ2v) is 8.29. The van der Waals surface area contributed by atoms with Crippen LogP contribution in [0.15, 0.2) is 60.9 Å². The van der Waals surface area contributed by atoms with Crippen LogP contribution in [0.25, 0.3) is 11.3 Å². The van der Waals surface area contributed by atoms with E-state index in [-0.39, 0.29) is 5.88 Å². The minimum absolute atomic E-state index is 0.207. The van der Waals surface area contributed by atoms with Crippen molar-refractivity contribution >= 4 is 5.97 Å². The third-order valence-corrected chi connectivity index (χ3v) is 5.65. The van der Waals surface area contributed by atoms with E-state index in [4.69, 9.17) is 4.74 Å². The van der Waals surface area contributed by atoms with Crippen molar-refractivity contribution in [1.82, 2.24) is 9.97 Å². The summed E-state index contributed by atoms with van der Waals surface area (Å²) in [5.74, 6) is -0.208. The smallest absolute Gasteiger partial charge is 0.344 e. The number of nitrogens with zero attached hydrogens (tertiary/aromatic N) is 2. The molecule has 1 heterocycles. The Morgan fingerprint density at radius 2 is 1.34 bits per heavy atom. The fourth-order valence-corrected chi connectivity index (χ4v) is 3.64. The molecule has 0 fully saturated rings. The van der Waals surface area contributed by atoms with Gasteiger partial charge in [-0.3, -0.25) is 0 Å². The normalized spacial score (nSPS) is 10.8. The van der Waals surface area contributed by atoms with Gasteiger partial charge in [0.2, 0.25) is 5.88 Å². The molecule has 32 heavy (non-hydrogen) atoms. The van der Waals surface area contributed by atoms with Gasteiger partial charge in [0.1, 0.15) is 0 Å². The molecule has 0 N–H and O–H groups in total. The van der Waals surface area contributed by atoms with E-state index in [1.807, 2.05) is 24.3 Å². The average Bonchev–Trinajstić information content (AvgIpc) is 2.84. The number of aromatic nitrogens is 2. The molecule has 3 aromatic rings. The van der Waals surface area contributed by atoms with Crippen molar-refractivity contribution in [3.8, 4) is 17.1 Å². The number of carbonyl (C=O) groups is 1. The highest BCUT2D eigenvalue weighted by Gasteiger charge is 2.10. The van der Waals surface area contributed by atoms with Crippen LogP contribution in [0.3, 0.4) is 0 Å². The van der Waals surface area contributed by atoms with E-state index < -0.39 is 5.97 Å². The van der Waals surface area contributed by atoms with Crippen molar-refractivity contribution in [1.29, 1.82) is 0 Å². The Kier molecular flexibility index (Phi) is 9.42. The second kappa shape index (κ2) is 12.7. The quantitative estimate of drug-likeness (QED) is 0.225. The van der Waals surface area contributed by atoms with Gasteiger partial charge in [0.15, 0.2) is 0 Å². The van der Waals surface area contributed by atoms with Crippen LogP contribution in [0, 0.1) is 0 Å². The highest BCUT2D eigenvalue weighted by Crippen LogP contribution is 2.19. The average molecular weight is 431 g/mol. The zero-order chi connectivity index (χ0) is 22.6. The molecule has 0 saturated carbocycles. The summed E-state index contributed by atoms with van der Waals surface area (Å²) in [4.78, 5) is 21.1. The van der Waals surface area contributed by atoms with Crippen LogP contribution in [0.4, 0.5) is 0 Å². The molecular weight excluding hydrogens is 396 g/mol. The summed E-state index contributed by atoms with van der Waals surface area (Å²) in [7, 11) is 0. The lowest BCUT2D eigenvalue weighted by Crippen LogP contribution is -2.09. The zero-order valence-corrected chi connectivity index (χ0v) is 19.3. The van der Waals surface area contributed by atoms with E-state index in [0.717, 1.165) is 24.1 Å². The second-order valence-electron chi connectivity index (χ2n) is 8.29. The van der Waals surface area contributed by atoms with E-state index >= 15 is 0 Å². The number of hydrogen-bond donors (Lipinski definition) is 0. The number of unbranched alkanes of at least 4 members (excludes halogenated alkanes) is 5. The number of esters is 1. The standard InChI is InChI=1S/C28H34N2O2/c1-3-5-7-8-9-11-23-14-18-25(19-15-23)28(31)32-27-21-29-26(20-30-27)24-16-12-22(13-17-24)10-6-4-2/h12-21H,3-11H2,1-2H3. The van der Waals surface area contributed by atoms with Crippen LogP contribution in [-0.2, 0) is 12.8 Å². The Morgan fingerprint density at radius 3 is 1.97 bits per heavy atom. The summed E-state index contributed by atoms with van der Waals surface area (Å²) < 4.78 is 5.41. The SMILES string of the molecule is CCCCCCCc1ccc(C(=O)Oc2cnc(-c3ccc(CCCC)cc3)cn2)cc1. The molecule has 4 nitrogen and oxygen atoms in total. The summed E-state index contributed by atoms with van der Waals surface area (Å²) in [5.41, 5.74) is 4.86. The first-order valence-corrected chi connectivity index (χ1v) is 11.9. The summed E-state index contributed by atoms with van der Waals surface area (Å²) in [6.45, 7) is 4.43. The molecule has 4 heteroatoms. The van der Waals surface area contributed by atoms with Gasteiger partial charge in [-0.2, -0.15) is 0 Å². The molecule has 0 unspecified atom stereocenters. The number of hydrogen-bond acceptors (Lipinski definition) is 4. The Hall–Kier alpha value is -3.01. The molecule has 0 spiro atoms. The molecule has 0 amide bonds. The van der Waals surface area contributed by atoms with Gasteiger partial charge in [-0.15, -0.1) is 0 Å². The third-order valence-electron chi connectivity index (χ3n) is 5.65. The largest absolute Gasteiger partial charge is 0.402 e. The number of rotatable bonds is 12. The van der Waals surface area contributed by atoms with Crippen LogP contribution in [-0.4, -0.2) is 15.9 Å². The summed E-state index contributed by atoms with van der Waals surface area (Å²) >= 11 is 0. The molecule has 168 valence electrons. The van der Waals surface area contributed by atoms with Gasteiger partial charge in [0.05, 0.1) is 23.7 Å². The first-order valence-electron chi connectivity index (χ1n) is 11.9. The number of aryl methyl sites for hydroxylation is 2. The van der Waals surface area contributed by atoms with Gasteiger partial charge in [-0.1, -0.05) is 82.3 Å². The van der Waals surface area contributed by atoms with E-state index in [9.17, 15) is 4.79 Å². The molecule has 0 radical (unpaired) electrons.